The lowest BCUT2D eigenvalue weighted by molar-refractivity contribution is -0.126. The molecule has 0 aromatic heterocycles. The molecule has 1 aliphatic heterocycles. The van der Waals surface area contributed by atoms with Gasteiger partial charge < -0.3 is 5.32 Å². The zero-order valence-electron chi connectivity index (χ0n) is 9.38. The number of carbonyl (C=O) groups is 1. The minimum atomic E-state index is -0.291. The summed E-state index contributed by atoms with van der Waals surface area (Å²) in [5.74, 6) is 0.0154. The van der Waals surface area contributed by atoms with Crippen molar-refractivity contribution in [1.82, 2.24) is 10.6 Å². The molecule has 16 heavy (non-hydrogen) atoms. The van der Waals surface area contributed by atoms with Crippen LogP contribution in [0.1, 0.15) is 25.5 Å². The van der Waals surface area contributed by atoms with Crippen LogP contribution in [0.25, 0.3) is 0 Å². The minimum absolute atomic E-state index is 0.0154. The number of amides is 1. The van der Waals surface area contributed by atoms with Crippen LogP contribution in [0.15, 0.2) is 24.3 Å². The van der Waals surface area contributed by atoms with Gasteiger partial charge in [-0.25, -0.2) is 0 Å². The first kappa shape index (κ1) is 11.4. The van der Waals surface area contributed by atoms with Gasteiger partial charge in [0.1, 0.15) is 6.04 Å². The fourth-order valence-electron chi connectivity index (χ4n) is 1.81. The van der Waals surface area contributed by atoms with Crippen molar-refractivity contribution in [1.29, 1.82) is 0 Å². The molecule has 0 spiro atoms. The smallest absolute Gasteiger partial charge is 0.241 e. The van der Waals surface area contributed by atoms with Crippen molar-refractivity contribution >= 4 is 17.5 Å². The van der Waals surface area contributed by atoms with E-state index in [4.69, 9.17) is 11.6 Å². The fourth-order valence-corrected chi connectivity index (χ4v) is 1.93. The minimum Gasteiger partial charge on any atom is -0.353 e. The zero-order valence-corrected chi connectivity index (χ0v) is 10.1. The van der Waals surface area contributed by atoms with Crippen LogP contribution in [0.4, 0.5) is 0 Å². The van der Waals surface area contributed by atoms with Crippen molar-refractivity contribution in [3.05, 3.63) is 34.9 Å². The highest BCUT2D eigenvalue weighted by molar-refractivity contribution is 6.30. The maximum Gasteiger partial charge on any atom is 0.241 e. The molecule has 0 saturated carbocycles. The average molecular weight is 239 g/mol. The maximum atomic E-state index is 11.8. The summed E-state index contributed by atoms with van der Waals surface area (Å²) in [5.41, 5.74) is 0.854. The summed E-state index contributed by atoms with van der Waals surface area (Å²) < 4.78 is 0. The van der Waals surface area contributed by atoms with Crippen LogP contribution in [0, 0.1) is 0 Å². The predicted octanol–water partition coefficient (Wildman–Crippen LogP) is 1.88. The van der Waals surface area contributed by atoms with E-state index in [1.807, 2.05) is 12.1 Å². The van der Waals surface area contributed by atoms with Gasteiger partial charge in [0.2, 0.25) is 5.91 Å². The van der Waals surface area contributed by atoms with Gasteiger partial charge in [0, 0.05) is 17.1 Å². The SMILES string of the molecule is CC1(C)CNC(=O)C(c2ccc(Cl)cc2)N1. The highest BCUT2D eigenvalue weighted by Crippen LogP contribution is 2.22. The summed E-state index contributed by atoms with van der Waals surface area (Å²) in [7, 11) is 0. The molecule has 1 atom stereocenters. The van der Waals surface area contributed by atoms with Crippen LogP contribution in [0.2, 0.25) is 5.02 Å². The summed E-state index contributed by atoms with van der Waals surface area (Å²) in [6.07, 6.45) is 0. The van der Waals surface area contributed by atoms with Gasteiger partial charge in [-0.05, 0) is 31.5 Å². The first-order chi connectivity index (χ1) is 7.48. The topological polar surface area (TPSA) is 41.1 Å². The normalized spacial score (nSPS) is 23.9. The Kier molecular flexibility index (Phi) is 2.91. The molecule has 0 aliphatic carbocycles. The number of hydrogen-bond acceptors (Lipinski definition) is 2. The fraction of sp³-hybridized carbons (Fsp3) is 0.417. The second kappa shape index (κ2) is 4.07. The van der Waals surface area contributed by atoms with Gasteiger partial charge in [0.05, 0.1) is 0 Å². The Balaban J connectivity index is 2.25. The number of halogens is 1. The third-order valence-electron chi connectivity index (χ3n) is 2.71. The summed E-state index contributed by atoms with van der Waals surface area (Å²) in [6, 6.07) is 7.06. The first-order valence-electron chi connectivity index (χ1n) is 5.29. The Morgan fingerprint density at radius 3 is 2.56 bits per heavy atom. The molecule has 1 unspecified atom stereocenters. The summed E-state index contributed by atoms with van der Waals surface area (Å²) in [5, 5.41) is 6.90. The number of benzene rings is 1. The average Bonchev–Trinajstić information content (AvgIpc) is 2.23. The van der Waals surface area contributed by atoms with Crippen LogP contribution in [0.5, 0.6) is 0 Å². The molecule has 1 saturated heterocycles. The molecule has 1 heterocycles. The van der Waals surface area contributed by atoms with E-state index in [1.54, 1.807) is 12.1 Å². The van der Waals surface area contributed by atoms with Gasteiger partial charge >= 0.3 is 0 Å². The number of carbonyl (C=O) groups excluding carboxylic acids is 1. The van der Waals surface area contributed by atoms with Crippen LogP contribution in [-0.4, -0.2) is 18.0 Å². The second-order valence-electron chi connectivity index (χ2n) is 4.73. The van der Waals surface area contributed by atoms with Crippen molar-refractivity contribution in [2.24, 2.45) is 0 Å². The zero-order chi connectivity index (χ0) is 11.8. The molecule has 1 fully saturated rings. The van der Waals surface area contributed by atoms with E-state index in [-0.39, 0.29) is 17.5 Å². The predicted molar refractivity (Wildman–Crippen MR) is 64.4 cm³/mol. The van der Waals surface area contributed by atoms with E-state index in [9.17, 15) is 4.79 Å². The summed E-state index contributed by atoms with van der Waals surface area (Å²) >= 11 is 5.82. The molecule has 86 valence electrons. The van der Waals surface area contributed by atoms with E-state index in [2.05, 4.69) is 24.5 Å². The Labute approximate surface area is 100 Å². The summed E-state index contributed by atoms with van der Waals surface area (Å²) in [6.45, 7) is 4.78. The molecular formula is C12H15ClN2O. The lowest BCUT2D eigenvalue weighted by Gasteiger charge is -2.37. The molecule has 4 heteroatoms. The van der Waals surface area contributed by atoms with Crippen LogP contribution < -0.4 is 10.6 Å². The monoisotopic (exact) mass is 238 g/mol. The molecule has 0 radical (unpaired) electrons. The number of rotatable bonds is 1. The van der Waals surface area contributed by atoms with Crippen molar-refractivity contribution in [2.75, 3.05) is 6.54 Å². The van der Waals surface area contributed by atoms with Gasteiger partial charge in [0.15, 0.2) is 0 Å². The van der Waals surface area contributed by atoms with Crippen molar-refractivity contribution < 1.29 is 4.79 Å². The summed E-state index contributed by atoms with van der Waals surface area (Å²) in [4.78, 5) is 11.8. The van der Waals surface area contributed by atoms with Gasteiger partial charge in [-0.2, -0.15) is 0 Å². The van der Waals surface area contributed by atoms with Crippen LogP contribution in [0.3, 0.4) is 0 Å². The Morgan fingerprint density at radius 2 is 1.94 bits per heavy atom. The lowest BCUT2D eigenvalue weighted by atomic mass is 9.96. The van der Waals surface area contributed by atoms with Crippen molar-refractivity contribution in [2.45, 2.75) is 25.4 Å². The molecule has 1 aliphatic rings. The third kappa shape index (κ3) is 2.36. The number of hydrogen-bond donors (Lipinski definition) is 2. The van der Waals surface area contributed by atoms with E-state index >= 15 is 0 Å². The molecule has 2 rings (SSSR count). The highest BCUT2D eigenvalue weighted by atomic mass is 35.5. The van der Waals surface area contributed by atoms with E-state index < -0.39 is 0 Å². The van der Waals surface area contributed by atoms with Gasteiger partial charge in [0.25, 0.3) is 0 Å². The lowest BCUT2D eigenvalue weighted by Crippen LogP contribution is -2.59. The van der Waals surface area contributed by atoms with Crippen molar-refractivity contribution in [3.8, 4) is 0 Å². The highest BCUT2D eigenvalue weighted by Gasteiger charge is 2.33. The third-order valence-corrected chi connectivity index (χ3v) is 2.96. The molecule has 0 bridgehead atoms. The Morgan fingerprint density at radius 1 is 1.31 bits per heavy atom. The quantitative estimate of drug-likeness (QED) is 0.785. The van der Waals surface area contributed by atoms with Gasteiger partial charge in [-0.1, -0.05) is 23.7 Å². The van der Waals surface area contributed by atoms with Crippen molar-refractivity contribution in [3.63, 3.8) is 0 Å². The first-order valence-corrected chi connectivity index (χ1v) is 5.67. The molecular weight excluding hydrogens is 224 g/mol. The van der Waals surface area contributed by atoms with Crippen LogP contribution >= 0.6 is 11.6 Å². The standard InChI is InChI=1S/C12H15ClN2O/c1-12(2)7-14-11(16)10(15-12)8-3-5-9(13)6-4-8/h3-6,10,15H,7H2,1-2H3,(H,14,16). The van der Waals surface area contributed by atoms with Crippen LogP contribution in [-0.2, 0) is 4.79 Å². The number of nitrogens with one attached hydrogen (secondary N) is 2. The number of piperazine rings is 1. The molecule has 1 aromatic carbocycles. The van der Waals surface area contributed by atoms with Gasteiger partial charge in [-0.15, -0.1) is 0 Å². The van der Waals surface area contributed by atoms with E-state index in [0.29, 0.717) is 11.6 Å². The second-order valence-corrected chi connectivity index (χ2v) is 5.17. The largest absolute Gasteiger partial charge is 0.353 e. The Bertz CT molecular complexity index is 400. The van der Waals surface area contributed by atoms with E-state index in [1.165, 1.54) is 0 Å². The Hall–Kier alpha value is -1.06. The van der Waals surface area contributed by atoms with Gasteiger partial charge in [-0.3, -0.25) is 10.1 Å². The maximum absolute atomic E-state index is 11.8. The molecule has 3 nitrogen and oxygen atoms in total. The molecule has 1 aromatic rings. The van der Waals surface area contributed by atoms with E-state index in [0.717, 1.165) is 5.56 Å². The molecule has 1 amide bonds. The molecule has 2 N–H and O–H groups in total.